The maximum absolute atomic E-state index is 14.2. The number of carbonyl (C=O) groups excluding carboxylic acids is 3. The van der Waals surface area contributed by atoms with Crippen LogP contribution in [0.15, 0.2) is 60.1 Å². The lowest BCUT2D eigenvalue weighted by Gasteiger charge is -2.45. The number of piperazine rings is 1. The minimum absolute atomic E-state index is 0.00471. The van der Waals surface area contributed by atoms with E-state index in [0.717, 1.165) is 27.4 Å². The zero-order chi connectivity index (χ0) is 39.0. The number of aliphatic hydroxyl groups is 1. The summed E-state index contributed by atoms with van der Waals surface area (Å²) in [5.41, 5.74) is 6.17. The molecule has 3 aliphatic rings. The van der Waals surface area contributed by atoms with Gasteiger partial charge >= 0.3 is 0 Å². The second-order valence-corrected chi connectivity index (χ2v) is 16.7. The first kappa shape index (κ1) is 38.2. The summed E-state index contributed by atoms with van der Waals surface area (Å²) in [4.78, 5) is 52.8. The van der Waals surface area contributed by atoms with E-state index in [4.69, 9.17) is 0 Å². The Kier molecular flexibility index (Phi) is 10.8. The number of nitrogens with one attached hydrogen (secondary N) is 3. The van der Waals surface area contributed by atoms with E-state index in [-0.39, 0.29) is 49.2 Å². The van der Waals surface area contributed by atoms with Crippen LogP contribution in [0.5, 0.6) is 5.75 Å². The molecule has 0 saturated carbocycles. The van der Waals surface area contributed by atoms with Gasteiger partial charge in [-0.1, -0.05) is 57.2 Å². The van der Waals surface area contributed by atoms with Crippen molar-refractivity contribution in [3.63, 3.8) is 0 Å². The van der Waals surface area contributed by atoms with E-state index >= 15 is 0 Å². The Morgan fingerprint density at radius 2 is 1.80 bits per heavy atom. The van der Waals surface area contributed by atoms with Crippen molar-refractivity contribution in [3.8, 4) is 27.4 Å². The van der Waals surface area contributed by atoms with Crippen molar-refractivity contribution in [1.82, 2.24) is 35.6 Å². The summed E-state index contributed by atoms with van der Waals surface area (Å²) < 4.78 is 0. The van der Waals surface area contributed by atoms with Crippen molar-refractivity contribution in [1.29, 1.82) is 0 Å². The van der Waals surface area contributed by atoms with E-state index in [2.05, 4.69) is 40.9 Å². The van der Waals surface area contributed by atoms with Gasteiger partial charge in [0.1, 0.15) is 17.8 Å². The van der Waals surface area contributed by atoms with Crippen LogP contribution in [0, 0.1) is 12.3 Å². The fraction of sp³-hybridized carbons (Fsp3) is 0.450. The monoisotopic (exact) mass is 767 g/mol. The summed E-state index contributed by atoms with van der Waals surface area (Å²) in [5, 5.41) is 39.2. The third kappa shape index (κ3) is 8.14. The smallest absolute Gasteiger partial charge is 0.246 e. The highest BCUT2D eigenvalue weighted by atomic mass is 32.1. The highest BCUT2D eigenvalue weighted by molar-refractivity contribution is 7.13. The molecule has 0 spiro atoms. The molecule has 2 fully saturated rings. The third-order valence-electron chi connectivity index (χ3n) is 10.8. The van der Waals surface area contributed by atoms with Crippen molar-refractivity contribution in [2.45, 2.75) is 71.3 Å². The second-order valence-electron chi connectivity index (χ2n) is 15.8. The van der Waals surface area contributed by atoms with Gasteiger partial charge in [0, 0.05) is 44.7 Å². The van der Waals surface area contributed by atoms with E-state index in [0.29, 0.717) is 43.3 Å². The van der Waals surface area contributed by atoms with E-state index in [9.17, 15) is 24.6 Å². The molecule has 5 atom stereocenters. The number of thiazole rings is 1. The average molecular weight is 768 g/mol. The molecular formula is C40H49N9O5S. The van der Waals surface area contributed by atoms with Crippen LogP contribution in [0.25, 0.3) is 21.7 Å². The first-order valence-corrected chi connectivity index (χ1v) is 19.6. The number of phenolic OH excluding ortho intramolecular Hbond substituents is 1. The minimum Gasteiger partial charge on any atom is -0.507 e. The van der Waals surface area contributed by atoms with Gasteiger partial charge in [-0.15, -0.1) is 21.5 Å². The highest BCUT2D eigenvalue weighted by Crippen LogP contribution is 2.36. The van der Waals surface area contributed by atoms with Crippen molar-refractivity contribution < 1.29 is 24.6 Å². The summed E-state index contributed by atoms with van der Waals surface area (Å²) in [6.07, 6.45) is -0.750. The highest BCUT2D eigenvalue weighted by Gasteiger charge is 2.45. The standard InChI is InChI=1S/C40H49N9O5S/c1-23(25-10-12-26(13-11-25)35-24(2)42-22-55-35)43-38(53)32-16-28(50)20-49(32)39(54)36(40(3,4)5)44-34(52)21-47-14-15-48-27(19-47)18-41-37-31(48)17-30(45-46-37)29-8-6-7-9-33(29)51/h6-13,17,22-23,27-28,32,36,50-51H,14-16,18-21H2,1-5H3,(H,41,46)(H,43,53)(H,44,52)/t23?,27?,28-,32+,36?/m1/s1. The van der Waals surface area contributed by atoms with Crippen LogP contribution in [-0.4, -0.2) is 116 Å². The Bertz CT molecular complexity index is 2050. The topological polar surface area (TPSA) is 176 Å². The van der Waals surface area contributed by atoms with Crippen molar-refractivity contribution in [2.24, 2.45) is 5.41 Å². The van der Waals surface area contributed by atoms with E-state index in [1.165, 1.54) is 4.90 Å². The summed E-state index contributed by atoms with van der Waals surface area (Å²) in [7, 11) is 0. The van der Waals surface area contributed by atoms with Crippen LogP contribution in [0.4, 0.5) is 11.5 Å². The number of β-amino-alcohol motifs (C(OH)–C–C–N with tert-alkyl or cyclic N) is 1. The van der Waals surface area contributed by atoms with Gasteiger partial charge in [0.25, 0.3) is 0 Å². The van der Waals surface area contributed by atoms with E-state index in [1.807, 2.05) is 76.5 Å². The van der Waals surface area contributed by atoms with Gasteiger partial charge < -0.3 is 36.0 Å². The van der Waals surface area contributed by atoms with Crippen LogP contribution < -0.4 is 20.9 Å². The number of likely N-dealkylation sites (tertiary alicyclic amines) is 1. The summed E-state index contributed by atoms with van der Waals surface area (Å²) in [6, 6.07) is 14.9. The van der Waals surface area contributed by atoms with Crippen LogP contribution in [0.2, 0.25) is 0 Å². The molecule has 5 N–H and O–H groups in total. The lowest BCUT2D eigenvalue weighted by molar-refractivity contribution is -0.144. The van der Waals surface area contributed by atoms with Crippen molar-refractivity contribution in [3.05, 3.63) is 71.4 Å². The number of aryl methyl sites for hydroxylation is 1. The quantitative estimate of drug-likeness (QED) is 0.168. The van der Waals surface area contributed by atoms with Crippen LogP contribution in [0.3, 0.4) is 0 Å². The molecule has 3 aliphatic heterocycles. The van der Waals surface area contributed by atoms with Gasteiger partial charge in [-0.2, -0.15) is 0 Å². The second kappa shape index (κ2) is 15.6. The number of anilines is 2. The minimum atomic E-state index is -0.920. The van der Waals surface area contributed by atoms with Gasteiger partial charge in [-0.3, -0.25) is 19.3 Å². The molecule has 3 amide bonds. The van der Waals surface area contributed by atoms with Crippen LogP contribution in [0.1, 0.15) is 51.4 Å². The molecule has 290 valence electrons. The Morgan fingerprint density at radius 3 is 2.51 bits per heavy atom. The van der Waals surface area contributed by atoms with E-state index in [1.54, 1.807) is 29.5 Å². The number of para-hydroxylation sites is 1. The maximum atomic E-state index is 14.2. The normalized spacial score (nSPS) is 20.9. The first-order chi connectivity index (χ1) is 26.3. The number of aromatic nitrogens is 3. The number of rotatable bonds is 9. The fourth-order valence-electron chi connectivity index (χ4n) is 7.74. The van der Waals surface area contributed by atoms with Crippen LogP contribution in [-0.2, 0) is 14.4 Å². The number of hydrogen-bond donors (Lipinski definition) is 5. The summed E-state index contributed by atoms with van der Waals surface area (Å²) >= 11 is 1.58. The first-order valence-electron chi connectivity index (χ1n) is 18.7. The van der Waals surface area contributed by atoms with Crippen molar-refractivity contribution >= 4 is 40.6 Å². The van der Waals surface area contributed by atoms with Gasteiger partial charge in [0.15, 0.2) is 5.82 Å². The van der Waals surface area contributed by atoms with Gasteiger partial charge in [0.05, 0.1) is 52.2 Å². The molecule has 0 radical (unpaired) electrons. The number of benzene rings is 2. The zero-order valence-corrected chi connectivity index (χ0v) is 32.6. The Morgan fingerprint density at radius 1 is 1.04 bits per heavy atom. The molecule has 3 unspecified atom stereocenters. The molecule has 5 heterocycles. The van der Waals surface area contributed by atoms with Gasteiger partial charge in [-0.05, 0) is 48.6 Å². The number of amides is 3. The number of hydrogen-bond acceptors (Lipinski definition) is 12. The zero-order valence-electron chi connectivity index (χ0n) is 31.8. The lowest BCUT2D eigenvalue weighted by Crippen LogP contribution is -2.61. The SMILES string of the molecule is Cc1ncsc1-c1ccc(C(C)NC(=O)[C@@H]2C[C@@H](O)CN2C(=O)C(NC(=O)CN2CCN3c4cc(-c5ccccc5O)nnc4NCC3C2)C(C)(C)C)cc1. The fourth-order valence-corrected chi connectivity index (χ4v) is 8.55. The summed E-state index contributed by atoms with van der Waals surface area (Å²) in [5.74, 6) is -0.218. The molecule has 2 aromatic heterocycles. The molecule has 0 bridgehead atoms. The Labute approximate surface area is 325 Å². The number of carbonyl (C=O) groups is 3. The Hall–Kier alpha value is -5.12. The lowest BCUT2D eigenvalue weighted by atomic mass is 9.85. The van der Waals surface area contributed by atoms with Gasteiger partial charge in [-0.25, -0.2) is 4.98 Å². The number of fused-ring (bicyclic) bond motifs is 3. The average Bonchev–Trinajstić information content (AvgIpc) is 3.78. The Balaban J connectivity index is 0.974. The molecule has 14 nitrogen and oxygen atoms in total. The van der Waals surface area contributed by atoms with Crippen molar-refractivity contribution in [2.75, 3.05) is 49.5 Å². The predicted octanol–water partition coefficient (Wildman–Crippen LogP) is 3.57. The molecule has 2 aromatic carbocycles. The molecular weight excluding hydrogens is 719 g/mol. The van der Waals surface area contributed by atoms with E-state index < -0.39 is 29.5 Å². The number of nitrogens with zero attached hydrogens (tertiary/aromatic N) is 6. The molecule has 2 saturated heterocycles. The molecule has 7 rings (SSSR count). The van der Waals surface area contributed by atoms with Crippen LogP contribution >= 0.6 is 11.3 Å². The molecule has 55 heavy (non-hydrogen) atoms. The molecule has 4 aromatic rings. The molecule has 0 aliphatic carbocycles. The largest absolute Gasteiger partial charge is 0.507 e. The maximum Gasteiger partial charge on any atom is 0.246 e. The predicted molar refractivity (Wildman–Crippen MR) is 212 cm³/mol. The summed E-state index contributed by atoms with van der Waals surface area (Å²) in [6.45, 7) is 12.1. The third-order valence-corrected chi connectivity index (χ3v) is 11.7. The number of aromatic hydroxyl groups is 1. The number of aliphatic hydroxyl groups excluding tert-OH is 1. The number of phenols is 1. The van der Waals surface area contributed by atoms with Gasteiger partial charge in [0.2, 0.25) is 17.7 Å². The molecule has 15 heteroatoms.